The maximum Gasteiger partial charge on any atom is 0.0716 e. The zero-order chi connectivity index (χ0) is 13.2. The minimum atomic E-state index is 0.842. The normalized spacial score (nSPS) is 17.1. The number of aromatic nitrogens is 1. The van der Waals surface area contributed by atoms with Gasteiger partial charge in [0, 0.05) is 37.3 Å². The van der Waals surface area contributed by atoms with Crippen LogP contribution in [-0.2, 0) is 17.8 Å². The Kier molecular flexibility index (Phi) is 3.44. The number of para-hydroxylation sites is 1. The number of aryl methyl sites for hydroxylation is 1. The summed E-state index contributed by atoms with van der Waals surface area (Å²) in [4.78, 5) is 2.44. The topological polar surface area (TPSA) is 43.4 Å². The lowest BCUT2D eigenvalue weighted by atomic mass is 10.2. The van der Waals surface area contributed by atoms with E-state index in [2.05, 4.69) is 28.5 Å². The number of morpholine rings is 1. The molecule has 4 heteroatoms. The SMILES string of the molecule is CCn1c(CN2CCOCC2)cc2cccc(N)c21. The molecule has 4 nitrogen and oxygen atoms in total. The first-order chi connectivity index (χ1) is 9.29. The third-order valence-electron chi connectivity index (χ3n) is 3.84. The van der Waals surface area contributed by atoms with Gasteiger partial charge in [0.2, 0.25) is 0 Å². The Balaban J connectivity index is 1.96. The van der Waals surface area contributed by atoms with Crippen LogP contribution in [0.1, 0.15) is 12.6 Å². The van der Waals surface area contributed by atoms with Crippen molar-refractivity contribution in [2.24, 2.45) is 0 Å². The number of hydrogen-bond acceptors (Lipinski definition) is 3. The third kappa shape index (κ3) is 2.33. The van der Waals surface area contributed by atoms with Gasteiger partial charge in [-0.25, -0.2) is 0 Å². The van der Waals surface area contributed by atoms with Crippen molar-refractivity contribution in [1.29, 1.82) is 0 Å². The van der Waals surface area contributed by atoms with Crippen molar-refractivity contribution in [1.82, 2.24) is 9.47 Å². The molecule has 1 fully saturated rings. The second kappa shape index (κ2) is 5.23. The van der Waals surface area contributed by atoms with Crippen molar-refractivity contribution in [3.05, 3.63) is 30.0 Å². The van der Waals surface area contributed by atoms with Crippen LogP contribution in [0.3, 0.4) is 0 Å². The number of benzene rings is 1. The molecule has 0 unspecified atom stereocenters. The van der Waals surface area contributed by atoms with Gasteiger partial charge in [0.1, 0.15) is 0 Å². The molecule has 0 radical (unpaired) electrons. The van der Waals surface area contributed by atoms with Crippen LogP contribution in [0, 0.1) is 0 Å². The standard InChI is InChI=1S/C15H21N3O/c1-2-18-13(11-17-6-8-19-9-7-17)10-12-4-3-5-14(16)15(12)18/h3-5,10H,2,6-9,11,16H2,1H3. The van der Waals surface area contributed by atoms with Gasteiger partial charge in [0.15, 0.2) is 0 Å². The smallest absolute Gasteiger partial charge is 0.0716 e. The quantitative estimate of drug-likeness (QED) is 0.858. The number of nitrogen functional groups attached to an aromatic ring is 1. The van der Waals surface area contributed by atoms with Crippen molar-refractivity contribution in [3.63, 3.8) is 0 Å². The van der Waals surface area contributed by atoms with Crippen LogP contribution in [0.15, 0.2) is 24.3 Å². The number of rotatable bonds is 3. The van der Waals surface area contributed by atoms with Gasteiger partial charge in [-0.3, -0.25) is 4.90 Å². The number of hydrogen-bond donors (Lipinski definition) is 1. The van der Waals surface area contributed by atoms with Crippen LogP contribution >= 0.6 is 0 Å². The predicted molar refractivity (Wildman–Crippen MR) is 78.1 cm³/mol. The summed E-state index contributed by atoms with van der Waals surface area (Å²) < 4.78 is 7.74. The second-order valence-corrected chi connectivity index (χ2v) is 5.05. The highest BCUT2D eigenvalue weighted by molar-refractivity contribution is 5.91. The van der Waals surface area contributed by atoms with E-state index in [1.54, 1.807) is 0 Å². The summed E-state index contributed by atoms with van der Waals surface area (Å²) >= 11 is 0. The molecule has 1 aromatic heterocycles. The molecule has 0 bridgehead atoms. The number of fused-ring (bicyclic) bond motifs is 1. The lowest BCUT2D eigenvalue weighted by Crippen LogP contribution is -2.36. The monoisotopic (exact) mass is 259 g/mol. The Morgan fingerprint density at radius 2 is 2.05 bits per heavy atom. The maximum atomic E-state index is 6.12. The van der Waals surface area contributed by atoms with Crippen molar-refractivity contribution in [2.45, 2.75) is 20.0 Å². The van der Waals surface area contributed by atoms with Crippen molar-refractivity contribution >= 4 is 16.6 Å². The van der Waals surface area contributed by atoms with Crippen molar-refractivity contribution in [3.8, 4) is 0 Å². The minimum Gasteiger partial charge on any atom is -0.397 e. The van der Waals surface area contributed by atoms with Crippen LogP contribution in [-0.4, -0.2) is 35.8 Å². The van der Waals surface area contributed by atoms with Gasteiger partial charge >= 0.3 is 0 Å². The van der Waals surface area contributed by atoms with E-state index in [4.69, 9.17) is 10.5 Å². The molecular formula is C15H21N3O. The molecular weight excluding hydrogens is 238 g/mol. The molecule has 3 rings (SSSR count). The van der Waals surface area contributed by atoms with Crippen molar-refractivity contribution in [2.75, 3.05) is 32.0 Å². The van der Waals surface area contributed by atoms with E-state index in [1.807, 2.05) is 12.1 Å². The largest absolute Gasteiger partial charge is 0.397 e. The van der Waals surface area contributed by atoms with Gasteiger partial charge in [-0.1, -0.05) is 12.1 Å². The molecule has 2 N–H and O–H groups in total. The molecule has 102 valence electrons. The van der Waals surface area contributed by atoms with Gasteiger partial charge < -0.3 is 15.0 Å². The molecule has 19 heavy (non-hydrogen) atoms. The zero-order valence-electron chi connectivity index (χ0n) is 11.4. The fourth-order valence-corrected chi connectivity index (χ4v) is 2.89. The molecule has 1 aliphatic rings. The molecule has 1 aliphatic heterocycles. The van der Waals surface area contributed by atoms with E-state index in [-0.39, 0.29) is 0 Å². The molecule has 1 aromatic carbocycles. The fourth-order valence-electron chi connectivity index (χ4n) is 2.89. The minimum absolute atomic E-state index is 0.842. The summed E-state index contributed by atoms with van der Waals surface area (Å²) in [6.45, 7) is 7.82. The first kappa shape index (κ1) is 12.5. The summed E-state index contributed by atoms with van der Waals surface area (Å²) in [6.07, 6.45) is 0. The lowest BCUT2D eigenvalue weighted by Gasteiger charge is -2.27. The van der Waals surface area contributed by atoms with Crippen LogP contribution in [0.2, 0.25) is 0 Å². The maximum absolute atomic E-state index is 6.12. The fraction of sp³-hybridized carbons (Fsp3) is 0.467. The second-order valence-electron chi connectivity index (χ2n) is 5.05. The average Bonchev–Trinajstić information content (AvgIpc) is 2.78. The van der Waals surface area contributed by atoms with Gasteiger partial charge in [-0.05, 0) is 19.1 Å². The van der Waals surface area contributed by atoms with Crippen LogP contribution in [0.4, 0.5) is 5.69 Å². The van der Waals surface area contributed by atoms with Gasteiger partial charge in [-0.15, -0.1) is 0 Å². The van der Waals surface area contributed by atoms with Gasteiger partial charge in [0.05, 0.1) is 24.4 Å². The highest BCUT2D eigenvalue weighted by Gasteiger charge is 2.15. The molecule has 2 heterocycles. The van der Waals surface area contributed by atoms with E-state index in [0.717, 1.165) is 45.1 Å². The zero-order valence-corrected chi connectivity index (χ0v) is 11.4. The summed E-state index contributed by atoms with van der Waals surface area (Å²) in [5, 5.41) is 1.24. The summed E-state index contributed by atoms with van der Waals surface area (Å²) in [5.74, 6) is 0. The number of nitrogens with two attached hydrogens (primary N) is 1. The summed E-state index contributed by atoms with van der Waals surface area (Å²) in [7, 11) is 0. The molecule has 0 aliphatic carbocycles. The predicted octanol–water partition coefficient (Wildman–Crippen LogP) is 2.08. The Morgan fingerprint density at radius 1 is 1.26 bits per heavy atom. The number of ether oxygens (including phenoxy) is 1. The van der Waals surface area contributed by atoms with Gasteiger partial charge in [0.25, 0.3) is 0 Å². The van der Waals surface area contributed by atoms with Crippen LogP contribution in [0.25, 0.3) is 10.9 Å². The Bertz CT molecular complexity index is 570. The average molecular weight is 259 g/mol. The van der Waals surface area contributed by atoms with E-state index >= 15 is 0 Å². The Hall–Kier alpha value is -1.52. The first-order valence-electron chi connectivity index (χ1n) is 6.96. The van der Waals surface area contributed by atoms with E-state index in [0.29, 0.717) is 0 Å². The van der Waals surface area contributed by atoms with Crippen LogP contribution < -0.4 is 5.73 Å². The molecule has 2 aromatic rings. The third-order valence-corrected chi connectivity index (χ3v) is 3.84. The molecule has 0 atom stereocenters. The van der Waals surface area contributed by atoms with E-state index in [9.17, 15) is 0 Å². The highest BCUT2D eigenvalue weighted by Crippen LogP contribution is 2.26. The molecule has 0 spiro atoms. The highest BCUT2D eigenvalue weighted by atomic mass is 16.5. The van der Waals surface area contributed by atoms with Crippen molar-refractivity contribution < 1.29 is 4.74 Å². The van der Waals surface area contributed by atoms with E-state index < -0.39 is 0 Å². The first-order valence-corrected chi connectivity index (χ1v) is 6.96. The number of anilines is 1. The summed E-state index contributed by atoms with van der Waals surface area (Å²) in [6, 6.07) is 8.41. The Labute approximate surface area is 113 Å². The molecule has 0 saturated carbocycles. The number of nitrogens with zero attached hydrogens (tertiary/aromatic N) is 2. The molecule has 0 amide bonds. The lowest BCUT2D eigenvalue weighted by molar-refractivity contribution is 0.0332. The molecule has 1 saturated heterocycles. The Morgan fingerprint density at radius 3 is 2.79 bits per heavy atom. The van der Waals surface area contributed by atoms with Gasteiger partial charge in [-0.2, -0.15) is 0 Å². The summed E-state index contributed by atoms with van der Waals surface area (Å²) in [5.41, 5.74) is 9.51. The van der Waals surface area contributed by atoms with E-state index in [1.165, 1.54) is 16.6 Å². The van der Waals surface area contributed by atoms with Crippen LogP contribution in [0.5, 0.6) is 0 Å².